The van der Waals surface area contributed by atoms with E-state index in [2.05, 4.69) is 15.1 Å². The Bertz CT molecular complexity index is 554. The summed E-state index contributed by atoms with van der Waals surface area (Å²) in [5.74, 6) is 0.478. The second kappa shape index (κ2) is 3.90. The molecule has 0 radical (unpaired) electrons. The van der Waals surface area contributed by atoms with Crippen LogP contribution in [0, 0.1) is 0 Å². The minimum absolute atomic E-state index is 0.207. The Morgan fingerprint density at radius 3 is 2.88 bits per heavy atom. The maximum Gasteiger partial charge on any atom is 0.251 e. The molecule has 2 heterocycles. The van der Waals surface area contributed by atoms with E-state index >= 15 is 0 Å². The van der Waals surface area contributed by atoms with E-state index in [1.165, 1.54) is 6.07 Å². The van der Waals surface area contributed by atoms with E-state index in [0.717, 1.165) is 5.56 Å². The quantitative estimate of drug-likeness (QED) is 0.754. The Kier molecular flexibility index (Phi) is 2.57. The van der Waals surface area contributed by atoms with E-state index in [0.29, 0.717) is 11.5 Å². The van der Waals surface area contributed by atoms with Gasteiger partial charge in [-0.1, -0.05) is 0 Å². The average molecular weight is 219 g/mol. The Labute approximate surface area is 92.1 Å². The monoisotopic (exact) mass is 219 g/mol. The molecule has 1 unspecified atom stereocenters. The van der Waals surface area contributed by atoms with Gasteiger partial charge < -0.3 is 10.7 Å². The second-order valence-corrected chi connectivity index (χ2v) is 3.71. The third kappa shape index (κ3) is 2.01. The molecule has 0 aliphatic rings. The summed E-state index contributed by atoms with van der Waals surface area (Å²) in [5.41, 5.74) is 6.86. The number of aromatic amines is 1. The van der Waals surface area contributed by atoms with Gasteiger partial charge in [0.15, 0.2) is 0 Å². The summed E-state index contributed by atoms with van der Waals surface area (Å²) in [4.78, 5) is 18.3. The number of H-pyrrole nitrogens is 1. The van der Waals surface area contributed by atoms with Crippen molar-refractivity contribution in [3.05, 3.63) is 34.6 Å². The molecule has 0 amide bonds. The van der Waals surface area contributed by atoms with Gasteiger partial charge in [-0.15, -0.1) is 0 Å². The molecule has 0 saturated carbocycles. The first-order chi connectivity index (χ1) is 7.56. The molecule has 0 aromatic carbocycles. The van der Waals surface area contributed by atoms with Crippen LogP contribution in [-0.4, -0.2) is 19.7 Å². The van der Waals surface area contributed by atoms with Crippen LogP contribution in [0.1, 0.15) is 18.8 Å². The van der Waals surface area contributed by atoms with Crippen molar-refractivity contribution in [3.63, 3.8) is 0 Å². The topological polar surface area (TPSA) is 89.6 Å². The lowest BCUT2D eigenvalue weighted by atomic mass is 10.2. The molecule has 84 valence electrons. The second-order valence-electron chi connectivity index (χ2n) is 3.71. The molecule has 6 heteroatoms. The van der Waals surface area contributed by atoms with Gasteiger partial charge in [0.2, 0.25) is 0 Å². The highest BCUT2D eigenvalue weighted by Gasteiger charge is 2.08. The van der Waals surface area contributed by atoms with E-state index in [1.807, 2.05) is 7.05 Å². The highest BCUT2D eigenvalue weighted by Crippen LogP contribution is 2.14. The SMILES string of the molecule is CC(N)c1nc(-c2cnn(C)c2)cc(=O)[nH]1. The van der Waals surface area contributed by atoms with Crippen molar-refractivity contribution in [1.82, 2.24) is 19.7 Å². The van der Waals surface area contributed by atoms with Crippen molar-refractivity contribution in [2.24, 2.45) is 12.8 Å². The standard InChI is InChI=1S/C10H13N5O/c1-6(11)10-13-8(3-9(16)14-10)7-4-12-15(2)5-7/h3-6H,11H2,1-2H3,(H,13,14,16). The fraction of sp³-hybridized carbons (Fsp3) is 0.300. The van der Waals surface area contributed by atoms with Gasteiger partial charge in [-0.3, -0.25) is 9.48 Å². The largest absolute Gasteiger partial charge is 0.322 e. The molecule has 0 bridgehead atoms. The molecule has 1 atom stereocenters. The molecule has 0 saturated heterocycles. The third-order valence-electron chi connectivity index (χ3n) is 2.19. The summed E-state index contributed by atoms with van der Waals surface area (Å²) in [6.07, 6.45) is 3.46. The first-order valence-corrected chi connectivity index (χ1v) is 4.92. The van der Waals surface area contributed by atoms with E-state index in [9.17, 15) is 4.79 Å². The van der Waals surface area contributed by atoms with Crippen LogP contribution in [0.5, 0.6) is 0 Å². The molecule has 2 aromatic rings. The fourth-order valence-corrected chi connectivity index (χ4v) is 1.39. The van der Waals surface area contributed by atoms with Gasteiger partial charge in [-0.2, -0.15) is 5.10 Å². The predicted octanol–water partition coefficient (Wildman–Crippen LogP) is 0.190. The van der Waals surface area contributed by atoms with Gasteiger partial charge in [-0.05, 0) is 6.92 Å². The lowest BCUT2D eigenvalue weighted by Gasteiger charge is -2.05. The van der Waals surface area contributed by atoms with E-state index < -0.39 is 0 Å². The smallest absolute Gasteiger partial charge is 0.251 e. The zero-order valence-corrected chi connectivity index (χ0v) is 9.14. The van der Waals surface area contributed by atoms with Crippen LogP contribution in [0.4, 0.5) is 0 Å². The third-order valence-corrected chi connectivity index (χ3v) is 2.19. The molecular formula is C10H13N5O. The summed E-state index contributed by atoms with van der Waals surface area (Å²) in [6.45, 7) is 1.77. The van der Waals surface area contributed by atoms with Crippen molar-refractivity contribution >= 4 is 0 Å². The van der Waals surface area contributed by atoms with Crippen LogP contribution in [0.3, 0.4) is 0 Å². The Morgan fingerprint density at radius 1 is 1.56 bits per heavy atom. The highest BCUT2D eigenvalue weighted by atomic mass is 16.1. The summed E-state index contributed by atoms with van der Waals surface area (Å²) in [7, 11) is 1.81. The molecule has 2 rings (SSSR count). The van der Waals surface area contributed by atoms with Crippen LogP contribution in [0.25, 0.3) is 11.3 Å². The Balaban J connectivity index is 2.53. The molecule has 16 heavy (non-hydrogen) atoms. The zero-order chi connectivity index (χ0) is 11.7. The number of hydrogen-bond donors (Lipinski definition) is 2. The lowest BCUT2D eigenvalue weighted by molar-refractivity contribution is 0.734. The van der Waals surface area contributed by atoms with E-state index in [-0.39, 0.29) is 11.6 Å². The number of nitrogens with zero attached hydrogens (tertiary/aromatic N) is 3. The fourth-order valence-electron chi connectivity index (χ4n) is 1.39. The number of aromatic nitrogens is 4. The molecule has 0 aliphatic heterocycles. The van der Waals surface area contributed by atoms with Gasteiger partial charge >= 0.3 is 0 Å². The average Bonchev–Trinajstić information content (AvgIpc) is 2.64. The number of nitrogens with one attached hydrogen (secondary N) is 1. The molecule has 0 aliphatic carbocycles. The van der Waals surface area contributed by atoms with E-state index in [4.69, 9.17) is 5.73 Å². The molecule has 2 aromatic heterocycles. The van der Waals surface area contributed by atoms with Crippen LogP contribution in [-0.2, 0) is 7.05 Å². The first-order valence-electron chi connectivity index (χ1n) is 4.92. The summed E-state index contributed by atoms with van der Waals surface area (Å²) < 4.78 is 1.66. The van der Waals surface area contributed by atoms with Gasteiger partial charge in [0, 0.05) is 24.9 Å². The van der Waals surface area contributed by atoms with Crippen LogP contribution in [0.15, 0.2) is 23.3 Å². The van der Waals surface area contributed by atoms with Crippen LogP contribution >= 0.6 is 0 Å². The minimum Gasteiger partial charge on any atom is -0.322 e. The highest BCUT2D eigenvalue weighted by molar-refractivity contribution is 5.56. The first kappa shape index (κ1) is 10.6. The number of rotatable bonds is 2. The molecule has 0 fully saturated rings. The molecule has 6 nitrogen and oxygen atoms in total. The number of aryl methyl sites for hydroxylation is 1. The van der Waals surface area contributed by atoms with Crippen LogP contribution in [0.2, 0.25) is 0 Å². The lowest BCUT2D eigenvalue weighted by Crippen LogP contribution is -2.17. The molecular weight excluding hydrogens is 206 g/mol. The normalized spacial score (nSPS) is 12.7. The summed E-state index contributed by atoms with van der Waals surface area (Å²) in [5, 5.41) is 4.03. The van der Waals surface area contributed by atoms with Crippen molar-refractivity contribution < 1.29 is 0 Å². The van der Waals surface area contributed by atoms with Crippen molar-refractivity contribution in [2.45, 2.75) is 13.0 Å². The van der Waals surface area contributed by atoms with Crippen molar-refractivity contribution in [3.8, 4) is 11.3 Å². The van der Waals surface area contributed by atoms with Gasteiger partial charge in [0.05, 0.1) is 17.9 Å². The van der Waals surface area contributed by atoms with Crippen LogP contribution < -0.4 is 11.3 Å². The number of nitrogens with two attached hydrogens (primary N) is 1. The van der Waals surface area contributed by atoms with E-state index in [1.54, 1.807) is 24.0 Å². The summed E-state index contributed by atoms with van der Waals surface area (Å²) >= 11 is 0. The minimum atomic E-state index is -0.302. The van der Waals surface area contributed by atoms with Gasteiger partial charge in [0.25, 0.3) is 5.56 Å². The number of hydrogen-bond acceptors (Lipinski definition) is 4. The Hall–Kier alpha value is -1.95. The predicted molar refractivity (Wildman–Crippen MR) is 59.7 cm³/mol. The Morgan fingerprint density at radius 2 is 2.31 bits per heavy atom. The van der Waals surface area contributed by atoms with Gasteiger partial charge in [0.1, 0.15) is 5.82 Å². The molecule has 0 spiro atoms. The summed E-state index contributed by atoms with van der Waals surface area (Å²) in [6, 6.07) is 1.13. The molecule has 3 N–H and O–H groups in total. The maximum absolute atomic E-state index is 11.4. The van der Waals surface area contributed by atoms with Crippen molar-refractivity contribution in [2.75, 3.05) is 0 Å². The maximum atomic E-state index is 11.4. The van der Waals surface area contributed by atoms with Gasteiger partial charge in [-0.25, -0.2) is 4.98 Å². The van der Waals surface area contributed by atoms with Crippen molar-refractivity contribution in [1.29, 1.82) is 0 Å². The zero-order valence-electron chi connectivity index (χ0n) is 9.14.